The van der Waals surface area contributed by atoms with Crippen molar-refractivity contribution >= 4 is 21.9 Å². The molecule has 0 atom stereocenters. The fourth-order valence-electron chi connectivity index (χ4n) is 2.20. The number of ether oxygens (including phenoxy) is 1. The average molecular weight is 347 g/mol. The van der Waals surface area contributed by atoms with Gasteiger partial charge in [-0.25, -0.2) is 4.79 Å². The maximum absolute atomic E-state index is 10.8. The first kappa shape index (κ1) is 19.7. The summed E-state index contributed by atoms with van der Waals surface area (Å²) in [5, 5.41) is 1.15. The molecule has 0 aliphatic rings. The van der Waals surface area contributed by atoms with Gasteiger partial charge in [0.1, 0.15) is 0 Å². The fraction of sp³-hybridized carbons (Fsp3) is 0.824. The van der Waals surface area contributed by atoms with E-state index in [1.165, 1.54) is 70.3 Å². The summed E-state index contributed by atoms with van der Waals surface area (Å²) < 4.78 is 4.93. The highest BCUT2D eigenvalue weighted by Gasteiger charge is 1.96. The summed E-state index contributed by atoms with van der Waals surface area (Å²) in [6.45, 7) is 3.91. The molecule has 0 spiro atoms. The van der Waals surface area contributed by atoms with Crippen molar-refractivity contribution < 1.29 is 9.53 Å². The van der Waals surface area contributed by atoms with E-state index in [-0.39, 0.29) is 5.97 Å². The van der Waals surface area contributed by atoms with Crippen LogP contribution in [-0.2, 0) is 9.53 Å². The zero-order valence-electron chi connectivity index (χ0n) is 12.9. The molecule has 0 heterocycles. The Kier molecular flexibility index (Phi) is 16.5. The molecule has 3 heteroatoms. The third-order valence-electron chi connectivity index (χ3n) is 3.44. The first-order valence-electron chi connectivity index (χ1n) is 8.16. The second-order valence-corrected chi connectivity index (χ2v) is 6.10. The van der Waals surface area contributed by atoms with Gasteiger partial charge < -0.3 is 4.74 Å². The Morgan fingerprint density at radius 3 is 1.60 bits per heavy atom. The van der Waals surface area contributed by atoms with Crippen molar-refractivity contribution in [1.29, 1.82) is 0 Å². The Morgan fingerprint density at radius 1 is 0.800 bits per heavy atom. The van der Waals surface area contributed by atoms with E-state index in [0.717, 1.165) is 18.2 Å². The van der Waals surface area contributed by atoms with Gasteiger partial charge in [0.05, 0.1) is 6.61 Å². The number of carbonyl (C=O) groups excluding carboxylic acids is 1. The Bertz CT molecular complexity index is 229. The van der Waals surface area contributed by atoms with E-state index in [2.05, 4.69) is 22.5 Å². The van der Waals surface area contributed by atoms with Gasteiger partial charge in [0, 0.05) is 11.4 Å². The summed E-state index contributed by atoms with van der Waals surface area (Å²) >= 11 is 3.46. The van der Waals surface area contributed by atoms with E-state index < -0.39 is 0 Å². The molecule has 0 bridgehead atoms. The van der Waals surface area contributed by atoms with Crippen LogP contribution < -0.4 is 0 Å². The summed E-state index contributed by atoms with van der Waals surface area (Å²) in [6.07, 6.45) is 17.0. The van der Waals surface area contributed by atoms with Crippen LogP contribution in [0.25, 0.3) is 0 Å². The Balaban J connectivity index is 2.99. The number of hydrogen-bond acceptors (Lipinski definition) is 2. The molecule has 20 heavy (non-hydrogen) atoms. The van der Waals surface area contributed by atoms with Crippen molar-refractivity contribution in [2.75, 3.05) is 11.9 Å². The topological polar surface area (TPSA) is 26.3 Å². The number of halogens is 1. The lowest BCUT2D eigenvalue weighted by molar-refractivity contribution is -0.137. The lowest BCUT2D eigenvalue weighted by Gasteiger charge is -2.03. The quantitative estimate of drug-likeness (QED) is 0.162. The van der Waals surface area contributed by atoms with E-state index in [1.54, 1.807) is 0 Å². The highest BCUT2D eigenvalue weighted by atomic mass is 79.9. The van der Waals surface area contributed by atoms with Crippen LogP contribution in [0.2, 0.25) is 0 Å². The Labute approximate surface area is 133 Å². The van der Waals surface area contributed by atoms with Gasteiger partial charge in [-0.1, -0.05) is 86.7 Å². The first-order valence-corrected chi connectivity index (χ1v) is 9.28. The number of carbonyl (C=O) groups is 1. The lowest BCUT2D eigenvalue weighted by atomic mass is 10.1. The van der Waals surface area contributed by atoms with Crippen molar-refractivity contribution in [2.45, 2.75) is 77.0 Å². The largest absolute Gasteiger partial charge is 0.463 e. The highest BCUT2D eigenvalue weighted by molar-refractivity contribution is 9.09. The third kappa shape index (κ3) is 15.7. The standard InChI is InChI=1S/C17H31BrO2/c1-2-17(19)20-16-14-12-10-8-6-4-3-5-7-9-11-13-15-18/h2H,1,3-16H2. The minimum Gasteiger partial charge on any atom is -0.463 e. The maximum atomic E-state index is 10.8. The highest BCUT2D eigenvalue weighted by Crippen LogP contribution is 2.12. The van der Waals surface area contributed by atoms with E-state index in [4.69, 9.17) is 4.74 Å². The van der Waals surface area contributed by atoms with Crippen LogP contribution in [0.3, 0.4) is 0 Å². The number of alkyl halides is 1. The van der Waals surface area contributed by atoms with E-state index in [1.807, 2.05) is 0 Å². The van der Waals surface area contributed by atoms with E-state index >= 15 is 0 Å². The summed E-state index contributed by atoms with van der Waals surface area (Å²) in [4.78, 5) is 10.8. The van der Waals surface area contributed by atoms with Crippen LogP contribution in [0.15, 0.2) is 12.7 Å². The van der Waals surface area contributed by atoms with Crippen LogP contribution in [0.4, 0.5) is 0 Å². The van der Waals surface area contributed by atoms with Crippen LogP contribution in [-0.4, -0.2) is 17.9 Å². The number of unbranched alkanes of at least 4 members (excludes halogenated alkanes) is 11. The van der Waals surface area contributed by atoms with Gasteiger partial charge in [0.25, 0.3) is 0 Å². The van der Waals surface area contributed by atoms with Crippen molar-refractivity contribution in [3.05, 3.63) is 12.7 Å². The summed E-state index contributed by atoms with van der Waals surface area (Å²) in [7, 11) is 0. The SMILES string of the molecule is C=CC(=O)OCCCCCCCCCCCCCCBr. The predicted molar refractivity (Wildman–Crippen MR) is 90.4 cm³/mol. The summed E-state index contributed by atoms with van der Waals surface area (Å²) in [5.41, 5.74) is 0. The first-order chi connectivity index (χ1) is 9.81. The van der Waals surface area contributed by atoms with Gasteiger partial charge in [-0.2, -0.15) is 0 Å². The second kappa shape index (κ2) is 16.7. The van der Waals surface area contributed by atoms with Crippen LogP contribution in [0.1, 0.15) is 77.0 Å². The molecule has 0 fully saturated rings. The Hall–Kier alpha value is -0.310. The molecule has 2 nitrogen and oxygen atoms in total. The van der Waals surface area contributed by atoms with Gasteiger partial charge in [-0.05, 0) is 12.8 Å². The molecule has 0 aliphatic carbocycles. The molecule has 0 aliphatic heterocycles. The molecule has 0 amide bonds. The Morgan fingerprint density at radius 2 is 1.20 bits per heavy atom. The smallest absolute Gasteiger partial charge is 0.330 e. The monoisotopic (exact) mass is 346 g/mol. The summed E-state index contributed by atoms with van der Waals surface area (Å²) in [5.74, 6) is -0.305. The molecular formula is C17H31BrO2. The molecule has 0 saturated heterocycles. The molecule has 0 unspecified atom stereocenters. The molecule has 0 N–H and O–H groups in total. The van der Waals surface area contributed by atoms with Crippen LogP contribution in [0, 0.1) is 0 Å². The van der Waals surface area contributed by atoms with E-state index in [0.29, 0.717) is 6.61 Å². The average Bonchev–Trinajstić information content (AvgIpc) is 2.47. The zero-order chi connectivity index (χ0) is 14.9. The van der Waals surface area contributed by atoms with Gasteiger partial charge in [-0.3, -0.25) is 0 Å². The molecule has 118 valence electrons. The van der Waals surface area contributed by atoms with Crippen molar-refractivity contribution in [2.24, 2.45) is 0 Å². The second-order valence-electron chi connectivity index (χ2n) is 5.30. The van der Waals surface area contributed by atoms with Gasteiger partial charge in [0.15, 0.2) is 0 Å². The van der Waals surface area contributed by atoms with Crippen molar-refractivity contribution in [3.63, 3.8) is 0 Å². The molecule has 0 aromatic heterocycles. The van der Waals surface area contributed by atoms with Crippen molar-refractivity contribution in [3.8, 4) is 0 Å². The van der Waals surface area contributed by atoms with Gasteiger partial charge in [0.2, 0.25) is 0 Å². The number of rotatable bonds is 15. The molecule has 0 aromatic rings. The fourth-order valence-corrected chi connectivity index (χ4v) is 2.59. The molecule has 0 radical (unpaired) electrons. The molecule has 0 aromatic carbocycles. The van der Waals surface area contributed by atoms with E-state index in [9.17, 15) is 4.79 Å². The molecule has 0 saturated carbocycles. The normalized spacial score (nSPS) is 10.4. The minimum atomic E-state index is -0.305. The summed E-state index contributed by atoms with van der Waals surface area (Å²) in [6, 6.07) is 0. The number of hydrogen-bond donors (Lipinski definition) is 0. The predicted octanol–water partition coefficient (Wildman–Crippen LogP) is 5.79. The zero-order valence-corrected chi connectivity index (χ0v) is 14.5. The van der Waals surface area contributed by atoms with Gasteiger partial charge in [-0.15, -0.1) is 0 Å². The van der Waals surface area contributed by atoms with Gasteiger partial charge >= 0.3 is 5.97 Å². The van der Waals surface area contributed by atoms with Crippen LogP contribution >= 0.6 is 15.9 Å². The third-order valence-corrected chi connectivity index (χ3v) is 4.00. The minimum absolute atomic E-state index is 0.305. The molecular weight excluding hydrogens is 316 g/mol. The lowest BCUT2D eigenvalue weighted by Crippen LogP contribution is -2.01. The number of esters is 1. The molecule has 0 rings (SSSR count). The van der Waals surface area contributed by atoms with Crippen molar-refractivity contribution in [1.82, 2.24) is 0 Å². The van der Waals surface area contributed by atoms with Crippen LogP contribution in [0.5, 0.6) is 0 Å². The maximum Gasteiger partial charge on any atom is 0.330 e.